The quantitative estimate of drug-likeness (QED) is 0.364. The van der Waals surface area contributed by atoms with Crippen molar-refractivity contribution in [2.45, 2.75) is 13.0 Å². The number of hydrogen-bond acceptors (Lipinski definition) is 7. The first-order chi connectivity index (χ1) is 15.6. The lowest BCUT2D eigenvalue weighted by molar-refractivity contribution is -0.140. The third-order valence-corrected chi connectivity index (χ3v) is 6.97. The highest BCUT2D eigenvalue weighted by Crippen LogP contribution is 2.41. The van der Waals surface area contributed by atoms with Crippen molar-refractivity contribution in [3.05, 3.63) is 63.7 Å². The van der Waals surface area contributed by atoms with Gasteiger partial charge in [0.25, 0.3) is 11.7 Å². The maximum absolute atomic E-state index is 13.2. The summed E-state index contributed by atoms with van der Waals surface area (Å²) in [4.78, 5) is 35.4. The Balaban J connectivity index is 1.57. The summed E-state index contributed by atoms with van der Waals surface area (Å²) < 4.78 is 7.15. The summed E-state index contributed by atoms with van der Waals surface area (Å²) in [6.45, 7) is 5.77. The first-order valence-electron chi connectivity index (χ1n) is 10.6. The van der Waals surface area contributed by atoms with Crippen LogP contribution in [0.4, 0.5) is 0 Å². The van der Waals surface area contributed by atoms with Crippen molar-refractivity contribution in [3.8, 4) is 0 Å². The average molecular weight is 453 g/mol. The van der Waals surface area contributed by atoms with E-state index in [4.69, 9.17) is 4.74 Å². The number of ketones is 1. The van der Waals surface area contributed by atoms with Gasteiger partial charge in [0.2, 0.25) is 0 Å². The Morgan fingerprint density at radius 3 is 2.75 bits per heavy atom. The molecule has 0 saturated carbocycles. The van der Waals surface area contributed by atoms with Gasteiger partial charge in [-0.3, -0.25) is 18.9 Å². The molecule has 32 heavy (non-hydrogen) atoms. The average Bonchev–Trinajstić information content (AvgIpc) is 3.50. The van der Waals surface area contributed by atoms with Crippen LogP contribution in [0.1, 0.15) is 22.3 Å². The standard InChI is InChI=1S/C23H24N4O4S/c1-15-19(26-7-3-2-6-17(26)24-15)21(28)18-20(16-5-4-14-32-16)27(23(30)22(18)29)9-8-25-10-12-31-13-11-25/h2-7,14,20,28H,8-13H2,1H3/b21-18+/t20-/m1/s1. The summed E-state index contributed by atoms with van der Waals surface area (Å²) in [5, 5.41) is 13.3. The number of imidazole rings is 1. The van der Waals surface area contributed by atoms with E-state index in [0.717, 1.165) is 18.0 Å². The van der Waals surface area contributed by atoms with Gasteiger partial charge < -0.3 is 14.7 Å². The number of carbonyl (C=O) groups is 2. The Morgan fingerprint density at radius 1 is 1.19 bits per heavy atom. The normalized spacial score (nSPS) is 21.7. The van der Waals surface area contributed by atoms with Gasteiger partial charge in [0.1, 0.15) is 11.3 Å². The zero-order chi connectivity index (χ0) is 22.2. The van der Waals surface area contributed by atoms with E-state index in [1.807, 2.05) is 35.7 Å². The monoisotopic (exact) mass is 452 g/mol. The summed E-state index contributed by atoms with van der Waals surface area (Å²) in [5.41, 5.74) is 1.82. The number of nitrogens with zero attached hydrogens (tertiary/aromatic N) is 4. The van der Waals surface area contributed by atoms with Crippen LogP contribution >= 0.6 is 11.3 Å². The molecule has 0 radical (unpaired) electrons. The summed E-state index contributed by atoms with van der Waals surface area (Å²) in [6.07, 6.45) is 1.79. The molecule has 2 aliphatic heterocycles. The molecule has 0 aliphatic carbocycles. The van der Waals surface area contributed by atoms with Gasteiger partial charge in [0.05, 0.1) is 30.5 Å². The molecular formula is C23H24N4O4S. The first-order valence-corrected chi connectivity index (χ1v) is 11.5. The van der Waals surface area contributed by atoms with Crippen LogP contribution in [0.3, 0.4) is 0 Å². The van der Waals surface area contributed by atoms with Gasteiger partial charge in [-0.2, -0.15) is 0 Å². The number of thiophene rings is 1. The van der Waals surface area contributed by atoms with Gasteiger partial charge in [0, 0.05) is 37.3 Å². The maximum Gasteiger partial charge on any atom is 0.295 e. The number of rotatable bonds is 5. The number of aliphatic hydroxyl groups excluding tert-OH is 1. The van der Waals surface area contributed by atoms with Crippen LogP contribution in [-0.4, -0.2) is 75.4 Å². The molecule has 2 saturated heterocycles. The molecule has 3 aromatic rings. The first kappa shape index (κ1) is 20.9. The van der Waals surface area contributed by atoms with Crippen LogP contribution in [0, 0.1) is 6.92 Å². The summed E-state index contributed by atoms with van der Waals surface area (Å²) in [6, 6.07) is 8.70. The molecule has 166 valence electrons. The Morgan fingerprint density at radius 2 is 2.00 bits per heavy atom. The second-order valence-electron chi connectivity index (χ2n) is 7.94. The van der Waals surface area contributed by atoms with E-state index in [2.05, 4.69) is 9.88 Å². The number of carbonyl (C=O) groups excluding carboxylic acids is 2. The highest BCUT2D eigenvalue weighted by molar-refractivity contribution is 7.10. The highest BCUT2D eigenvalue weighted by Gasteiger charge is 2.47. The maximum atomic E-state index is 13.2. The predicted molar refractivity (Wildman–Crippen MR) is 121 cm³/mol. The number of amides is 1. The molecule has 5 heterocycles. The van der Waals surface area contributed by atoms with E-state index in [1.54, 1.807) is 22.4 Å². The van der Waals surface area contributed by atoms with Crippen LogP contribution in [0.2, 0.25) is 0 Å². The van der Waals surface area contributed by atoms with Gasteiger partial charge in [-0.1, -0.05) is 12.1 Å². The third kappa shape index (κ3) is 3.52. The number of morpholine rings is 1. The molecule has 8 nitrogen and oxygen atoms in total. The molecule has 2 fully saturated rings. The Kier molecular flexibility index (Phi) is 5.54. The van der Waals surface area contributed by atoms with Crippen molar-refractivity contribution in [1.29, 1.82) is 0 Å². The lowest BCUT2D eigenvalue weighted by atomic mass is 10.0. The highest BCUT2D eigenvalue weighted by atomic mass is 32.1. The second-order valence-corrected chi connectivity index (χ2v) is 8.92. The number of Topliss-reactive ketones (excluding diaryl/α,β-unsaturated/α-hetero) is 1. The van der Waals surface area contributed by atoms with Crippen molar-refractivity contribution >= 4 is 34.4 Å². The zero-order valence-corrected chi connectivity index (χ0v) is 18.5. The van der Waals surface area contributed by atoms with Gasteiger partial charge in [-0.05, 0) is 30.5 Å². The number of aliphatic hydroxyl groups is 1. The van der Waals surface area contributed by atoms with E-state index < -0.39 is 17.7 Å². The smallest absolute Gasteiger partial charge is 0.295 e. The minimum absolute atomic E-state index is 0.119. The van der Waals surface area contributed by atoms with Crippen LogP contribution in [-0.2, 0) is 14.3 Å². The number of ether oxygens (including phenoxy) is 1. The predicted octanol–water partition coefficient (Wildman–Crippen LogP) is 2.46. The number of aryl methyl sites for hydroxylation is 1. The van der Waals surface area contributed by atoms with Crippen LogP contribution in [0.5, 0.6) is 0 Å². The Labute approximate surface area is 189 Å². The number of hydrogen-bond donors (Lipinski definition) is 1. The summed E-state index contributed by atoms with van der Waals surface area (Å²) in [5.74, 6) is -1.43. The molecule has 2 aliphatic rings. The van der Waals surface area contributed by atoms with Crippen LogP contribution in [0.25, 0.3) is 11.4 Å². The van der Waals surface area contributed by atoms with Gasteiger partial charge in [-0.25, -0.2) is 4.98 Å². The number of likely N-dealkylation sites (tertiary alicyclic amines) is 1. The van der Waals surface area contributed by atoms with Gasteiger partial charge in [-0.15, -0.1) is 11.3 Å². The fourth-order valence-corrected chi connectivity index (χ4v) is 5.30. The molecule has 0 bridgehead atoms. The number of aromatic nitrogens is 2. The third-order valence-electron chi connectivity index (χ3n) is 6.04. The van der Waals surface area contributed by atoms with E-state index in [9.17, 15) is 14.7 Å². The fraction of sp³-hybridized carbons (Fsp3) is 0.348. The van der Waals surface area contributed by atoms with E-state index in [1.165, 1.54) is 11.3 Å². The van der Waals surface area contributed by atoms with Crippen molar-refractivity contribution in [2.75, 3.05) is 39.4 Å². The van der Waals surface area contributed by atoms with Crippen LogP contribution in [0.15, 0.2) is 47.5 Å². The van der Waals surface area contributed by atoms with Gasteiger partial charge in [0.15, 0.2) is 5.76 Å². The minimum Gasteiger partial charge on any atom is -0.505 e. The minimum atomic E-state index is -0.659. The SMILES string of the molecule is Cc1nc2ccccn2c1/C(O)=C1\C(=O)C(=O)N(CCN2CCOCC2)[C@@H]1c1cccs1. The van der Waals surface area contributed by atoms with Crippen molar-refractivity contribution in [1.82, 2.24) is 19.2 Å². The Hall–Kier alpha value is -3.01. The molecule has 0 spiro atoms. The fourth-order valence-electron chi connectivity index (χ4n) is 4.45. The number of pyridine rings is 1. The van der Waals surface area contributed by atoms with E-state index in [-0.39, 0.29) is 11.3 Å². The molecule has 0 unspecified atom stereocenters. The van der Waals surface area contributed by atoms with E-state index in [0.29, 0.717) is 43.3 Å². The largest absolute Gasteiger partial charge is 0.505 e. The molecule has 3 aromatic heterocycles. The summed E-state index contributed by atoms with van der Waals surface area (Å²) >= 11 is 1.47. The molecule has 1 N–H and O–H groups in total. The number of fused-ring (bicyclic) bond motifs is 1. The lowest BCUT2D eigenvalue weighted by Gasteiger charge is -2.30. The molecule has 1 atom stereocenters. The van der Waals surface area contributed by atoms with Crippen molar-refractivity contribution in [3.63, 3.8) is 0 Å². The van der Waals surface area contributed by atoms with Crippen LogP contribution < -0.4 is 0 Å². The van der Waals surface area contributed by atoms with Gasteiger partial charge >= 0.3 is 0 Å². The molecule has 0 aromatic carbocycles. The van der Waals surface area contributed by atoms with E-state index >= 15 is 0 Å². The van der Waals surface area contributed by atoms with Crippen molar-refractivity contribution < 1.29 is 19.4 Å². The summed E-state index contributed by atoms with van der Waals surface area (Å²) in [7, 11) is 0. The topological polar surface area (TPSA) is 87.4 Å². The zero-order valence-electron chi connectivity index (χ0n) is 17.7. The van der Waals surface area contributed by atoms with Crippen molar-refractivity contribution in [2.24, 2.45) is 0 Å². The molecular weight excluding hydrogens is 428 g/mol. The molecule has 1 amide bonds. The molecule has 9 heteroatoms. The molecule has 5 rings (SSSR count). The Bertz CT molecular complexity index is 1190. The second kappa shape index (κ2) is 8.50. The lowest BCUT2D eigenvalue weighted by Crippen LogP contribution is -2.42.